The van der Waals surface area contributed by atoms with Crippen molar-refractivity contribution in [2.24, 2.45) is 0 Å². The second kappa shape index (κ2) is 11.0. The van der Waals surface area contributed by atoms with Gasteiger partial charge in [-0.1, -0.05) is 31.3 Å². The number of halogens is 1. The van der Waals surface area contributed by atoms with E-state index in [1.807, 2.05) is 0 Å². The molecule has 0 aromatic rings. The summed E-state index contributed by atoms with van der Waals surface area (Å²) in [6, 6.07) is 0. The Hall–Kier alpha value is -1.55. The molecule has 0 saturated carbocycles. The van der Waals surface area contributed by atoms with Crippen LogP contribution in [0.1, 0.15) is 13.8 Å². The van der Waals surface area contributed by atoms with Gasteiger partial charge in [-0.2, -0.15) is 0 Å². The molecule has 0 atom stereocenters. The molecule has 0 rings (SSSR count). The fourth-order valence-corrected chi connectivity index (χ4v) is 0.515. The highest BCUT2D eigenvalue weighted by molar-refractivity contribution is 6.25. The summed E-state index contributed by atoms with van der Waals surface area (Å²) in [4.78, 5) is 21.7. The van der Waals surface area contributed by atoms with Gasteiger partial charge in [-0.05, 0) is 19.4 Å². The highest BCUT2D eigenvalue weighted by atomic mass is 35.5. The van der Waals surface area contributed by atoms with Crippen LogP contribution in [0.15, 0.2) is 36.4 Å². The van der Waals surface area contributed by atoms with Crippen LogP contribution in [-0.2, 0) is 19.1 Å². The molecule has 0 fully saturated rings. The Morgan fingerprint density at radius 2 is 1.29 bits per heavy atom. The van der Waals surface area contributed by atoms with Crippen LogP contribution in [0.4, 0.5) is 0 Å². The van der Waals surface area contributed by atoms with Crippen molar-refractivity contribution >= 4 is 23.5 Å². The van der Waals surface area contributed by atoms with Gasteiger partial charge in [0.15, 0.2) is 0 Å². The Bertz CT molecular complexity index is 280. The van der Waals surface area contributed by atoms with E-state index in [0.29, 0.717) is 11.1 Å². The third kappa shape index (κ3) is 12.4. The van der Waals surface area contributed by atoms with Crippen molar-refractivity contribution in [3.8, 4) is 0 Å². The monoisotopic (exact) mass is 260 g/mol. The molecule has 96 valence electrons. The van der Waals surface area contributed by atoms with Gasteiger partial charge >= 0.3 is 11.9 Å². The van der Waals surface area contributed by atoms with Crippen LogP contribution < -0.4 is 0 Å². The van der Waals surface area contributed by atoms with Crippen LogP contribution in [0.2, 0.25) is 0 Å². The first-order valence-electron chi connectivity index (χ1n) is 4.73. The van der Waals surface area contributed by atoms with E-state index in [-0.39, 0.29) is 13.2 Å². The van der Waals surface area contributed by atoms with Crippen LogP contribution in [-0.4, -0.2) is 25.2 Å². The zero-order valence-corrected chi connectivity index (χ0v) is 10.9. The van der Waals surface area contributed by atoms with Crippen LogP contribution >= 0.6 is 11.6 Å². The van der Waals surface area contributed by atoms with E-state index in [4.69, 9.17) is 11.6 Å². The first-order valence-corrected chi connectivity index (χ1v) is 5.16. The molecule has 0 N–H and O–H groups in total. The van der Waals surface area contributed by atoms with Crippen LogP contribution in [0.5, 0.6) is 0 Å². The SMILES string of the molecule is C=C(C)C(=O)OCCOC(=O)C(=C)C.C=CCl. The van der Waals surface area contributed by atoms with Gasteiger partial charge in [0.1, 0.15) is 13.2 Å². The largest absolute Gasteiger partial charge is 0.459 e. The average Bonchev–Trinajstić information content (AvgIpc) is 2.24. The van der Waals surface area contributed by atoms with E-state index < -0.39 is 11.9 Å². The summed E-state index contributed by atoms with van der Waals surface area (Å²) in [7, 11) is 0. The number of carbonyl (C=O) groups is 2. The van der Waals surface area contributed by atoms with Gasteiger partial charge in [-0.25, -0.2) is 9.59 Å². The number of esters is 2. The summed E-state index contributed by atoms with van der Waals surface area (Å²) in [5.74, 6) is -0.979. The maximum Gasteiger partial charge on any atom is 0.333 e. The van der Waals surface area contributed by atoms with E-state index in [9.17, 15) is 9.59 Å². The number of ether oxygens (including phenoxy) is 2. The molecule has 0 bridgehead atoms. The lowest BCUT2D eigenvalue weighted by Crippen LogP contribution is -2.14. The Morgan fingerprint density at radius 1 is 1.06 bits per heavy atom. The highest BCUT2D eigenvalue weighted by Gasteiger charge is 2.05. The Labute approximate surface area is 107 Å². The van der Waals surface area contributed by atoms with Crippen molar-refractivity contribution < 1.29 is 19.1 Å². The predicted octanol–water partition coefficient (Wildman–Crippen LogP) is 2.59. The Balaban J connectivity index is 0. The fourth-order valence-electron chi connectivity index (χ4n) is 0.515. The van der Waals surface area contributed by atoms with Crippen molar-refractivity contribution in [1.82, 2.24) is 0 Å². The van der Waals surface area contributed by atoms with Gasteiger partial charge in [0.2, 0.25) is 0 Å². The highest BCUT2D eigenvalue weighted by Crippen LogP contribution is 1.94. The van der Waals surface area contributed by atoms with Gasteiger partial charge in [-0.15, -0.1) is 0 Å². The second-order valence-electron chi connectivity index (χ2n) is 2.99. The summed E-state index contributed by atoms with van der Waals surface area (Å²) in [6.07, 6.45) is 0. The third-order valence-electron chi connectivity index (χ3n) is 1.25. The molecule has 0 heterocycles. The van der Waals surface area contributed by atoms with Crippen molar-refractivity contribution in [3.05, 3.63) is 36.4 Å². The lowest BCUT2D eigenvalue weighted by molar-refractivity contribution is -0.147. The van der Waals surface area contributed by atoms with Gasteiger partial charge in [0.25, 0.3) is 0 Å². The summed E-state index contributed by atoms with van der Waals surface area (Å²) in [6.45, 7) is 13.1. The molecule has 0 aliphatic rings. The number of hydrogen-bond donors (Lipinski definition) is 0. The van der Waals surface area contributed by atoms with E-state index in [1.165, 1.54) is 5.54 Å². The maximum absolute atomic E-state index is 10.8. The number of rotatable bonds is 5. The van der Waals surface area contributed by atoms with Crippen LogP contribution in [0.25, 0.3) is 0 Å². The van der Waals surface area contributed by atoms with Gasteiger partial charge in [-0.3, -0.25) is 0 Å². The molecule has 0 radical (unpaired) electrons. The standard InChI is InChI=1S/C10H14O4.C2H3Cl/c1-7(2)9(11)13-5-6-14-10(12)8(3)4;1-2-3/h1,3,5-6H2,2,4H3;2H,1H2. The smallest absolute Gasteiger partial charge is 0.333 e. The van der Waals surface area contributed by atoms with Crippen molar-refractivity contribution in [2.75, 3.05) is 13.2 Å². The first kappa shape index (κ1) is 17.8. The summed E-state index contributed by atoms with van der Waals surface area (Å²) in [5, 5.41) is 0. The molecule has 4 nitrogen and oxygen atoms in total. The lowest BCUT2D eigenvalue weighted by atomic mass is 10.4. The minimum atomic E-state index is -0.489. The van der Waals surface area contributed by atoms with Crippen molar-refractivity contribution in [3.63, 3.8) is 0 Å². The van der Waals surface area contributed by atoms with E-state index in [2.05, 4.69) is 29.2 Å². The van der Waals surface area contributed by atoms with Gasteiger partial charge in [0, 0.05) is 11.1 Å². The number of carbonyl (C=O) groups excluding carboxylic acids is 2. The minimum absolute atomic E-state index is 0.0325. The molecule has 17 heavy (non-hydrogen) atoms. The Morgan fingerprint density at radius 3 is 1.47 bits per heavy atom. The average molecular weight is 261 g/mol. The van der Waals surface area contributed by atoms with E-state index >= 15 is 0 Å². The lowest BCUT2D eigenvalue weighted by Gasteiger charge is -2.05. The maximum atomic E-state index is 10.8. The second-order valence-corrected chi connectivity index (χ2v) is 3.30. The molecule has 0 aromatic heterocycles. The van der Waals surface area contributed by atoms with E-state index in [1.54, 1.807) is 13.8 Å². The molecule has 0 spiro atoms. The molecular formula is C12H17ClO4. The molecule has 0 amide bonds. The summed E-state index contributed by atoms with van der Waals surface area (Å²) >= 11 is 4.76. The van der Waals surface area contributed by atoms with Gasteiger partial charge in [0.05, 0.1) is 0 Å². The van der Waals surface area contributed by atoms with Crippen LogP contribution in [0, 0.1) is 0 Å². The number of hydrogen-bond acceptors (Lipinski definition) is 4. The molecular weight excluding hydrogens is 244 g/mol. The van der Waals surface area contributed by atoms with Gasteiger partial charge < -0.3 is 9.47 Å². The molecule has 0 aliphatic carbocycles. The molecule has 5 heteroatoms. The topological polar surface area (TPSA) is 52.6 Å². The zero-order chi connectivity index (χ0) is 13.8. The van der Waals surface area contributed by atoms with Crippen LogP contribution in [0.3, 0.4) is 0 Å². The summed E-state index contributed by atoms with van der Waals surface area (Å²) in [5.41, 5.74) is 1.85. The zero-order valence-electron chi connectivity index (χ0n) is 10.1. The first-order chi connectivity index (χ1) is 7.86. The molecule has 0 saturated heterocycles. The molecule has 0 aliphatic heterocycles. The predicted molar refractivity (Wildman–Crippen MR) is 67.6 cm³/mol. The summed E-state index contributed by atoms with van der Waals surface area (Å²) < 4.78 is 9.38. The quantitative estimate of drug-likeness (QED) is 0.433. The minimum Gasteiger partial charge on any atom is -0.459 e. The van der Waals surface area contributed by atoms with Crippen molar-refractivity contribution in [2.45, 2.75) is 13.8 Å². The molecule has 0 unspecified atom stereocenters. The third-order valence-corrected chi connectivity index (χ3v) is 1.25. The normalized spacial score (nSPS) is 8.18. The van der Waals surface area contributed by atoms with Crippen molar-refractivity contribution in [1.29, 1.82) is 0 Å². The molecule has 0 aromatic carbocycles. The van der Waals surface area contributed by atoms with E-state index in [0.717, 1.165) is 0 Å². The fraction of sp³-hybridized carbons (Fsp3) is 0.333. The Kier molecular flexibility index (Phi) is 11.5.